The number of carbonyl (C=O) groups excluding carboxylic acids is 2. The van der Waals surface area contributed by atoms with Crippen molar-refractivity contribution in [3.05, 3.63) is 80.2 Å². The van der Waals surface area contributed by atoms with Crippen molar-refractivity contribution < 1.29 is 24.0 Å². The van der Waals surface area contributed by atoms with E-state index in [0.29, 0.717) is 16.9 Å². The third kappa shape index (κ3) is 4.48. The van der Waals surface area contributed by atoms with Gasteiger partial charge in [-0.2, -0.15) is 0 Å². The zero-order valence-corrected chi connectivity index (χ0v) is 18.1. The van der Waals surface area contributed by atoms with Crippen molar-refractivity contribution in [2.24, 2.45) is 0 Å². The van der Waals surface area contributed by atoms with E-state index in [9.17, 15) is 19.7 Å². The second-order valence-electron chi connectivity index (χ2n) is 7.05. The van der Waals surface area contributed by atoms with Crippen molar-refractivity contribution in [3.63, 3.8) is 0 Å². The van der Waals surface area contributed by atoms with Crippen molar-refractivity contribution in [1.82, 2.24) is 15.0 Å². The molecule has 3 rings (SSSR count). The summed E-state index contributed by atoms with van der Waals surface area (Å²) in [4.78, 5) is 36.9. The maximum Gasteiger partial charge on any atom is 0.359 e. The van der Waals surface area contributed by atoms with Crippen molar-refractivity contribution in [2.45, 2.75) is 27.3 Å². The number of aromatic nitrogens is 3. The highest BCUT2D eigenvalue weighted by Crippen LogP contribution is 2.26. The topological polar surface area (TPSA) is 126 Å². The SMILES string of the molecule is CCOC(=O)c1c(C(=O)c2cc(C)c(C)cc2[N+](=O)[O-])nnn1Cc1ccc(OC)cc1. The summed E-state index contributed by atoms with van der Waals surface area (Å²) < 4.78 is 11.5. The Balaban J connectivity index is 2.08. The van der Waals surface area contributed by atoms with Gasteiger partial charge >= 0.3 is 5.97 Å². The Hall–Kier alpha value is -4.08. The zero-order valence-electron chi connectivity index (χ0n) is 18.1. The second-order valence-corrected chi connectivity index (χ2v) is 7.05. The van der Waals surface area contributed by atoms with Gasteiger partial charge in [-0.05, 0) is 55.7 Å². The van der Waals surface area contributed by atoms with E-state index in [4.69, 9.17) is 9.47 Å². The normalized spacial score (nSPS) is 10.6. The second kappa shape index (κ2) is 9.38. The van der Waals surface area contributed by atoms with E-state index >= 15 is 0 Å². The van der Waals surface area contributed by atoms with Crippen LogP contribution in [0.4, 0.5) is 5.69 Å². The fraction of sp³-hybridized carbons (Fsp3) is 0.273. The standard InChI is InChI=1S/C22H22N4O6/c1-5-32-22(28)20-19(21(27)17-10-13(2)14(3)11-18(17)26(29)30)23-24-25(20)12-15-6-8-16(31-4)9-7-15/h6-11H,5,12H2,1-4H3. The number of esters is 1. The van der Waals surface area contributed by atoms with Crippen molar-refractivity contribution in [1.29, 1.82) is 0 Å². The molecule has 0 saturated heterocycles. The molecular weight excluding hydrogens is 416 g/mol. The molecule has 0 aliphatic carbocycles. The molecule has 2 aromatic carbocycles. The van der Waals surface area contributed by atoms with Crippen LogP contribution in [-0.4, -0.2) is 45.4 Å². The molecule has 0 aliphatic heterocycles. The summed E-state index contributed by atoms with van der Waals surface area (Å²) in [6, 6.07) is 9.82. The molecular formula is C22H22N4O6. The molecule has 1 aromatic heterocycles. The van der Waals surface area contributed by atoms with Crippen molar-refractivity contribution in [3.8, 4) is 5.75 Å². The molecule has 10 nitrogen and oxygen atoms in total. The molecule has 166 valence electrons. The van der Waals surface area contributed by atoms with Gasteiger partial charge in [0.1, 0.15) is 11.3 Å². The van der Waals surface area contributed by atoms with Gasteiger partial charge in [0, 0.05) is 6.07 Å². The summed E-state index contributed by atoms with van der Waals surface area (Å²) in [5.74, 6) is -0.902. The number of nitro benzene ring substituents is 1. The first-order chi connectivity index (χ1) is 15.3. The molecule has 32 heavy (non-hydrogen) atoms. The van der Waals surface area contributed by atoms with Crippen LogP contribution in [0.1, 0.15) is 50.2 Å². The lowest BCUT2D eigenvalue weighted by Crippen LogP contribution is -2.18. The van der Waals surface area contributed by atoms with Crippen molar-refractivity contribution in [2.75, 3.05) is 13.7 Å². The van der Waals surface area contributed by atoms with Gasteiger partial charge in [-0.1, -0.05) is 17.3 Å². The lowest BCUT2D eigenvalue weighted by atomic mass is 9.99. The van der Waals surface area contributed by atoms with Crippen LogP contribution >= 0.6 is 0 Å². The van der Waals surface area contributed by atoms with E-state index in [1.54, 1.807) is 52.1 Å². The van der Waals surface area contributed by atoms with Gasteiger partial charge in [0.15, 0.2) is 11.4 Å². The molecule has 0 aliphatic rings. The van der Waals surface area contributed by atoms with Crippen LogP contribution < -0.4 is 4.74 Å². The molecule has 3 aromatic rings. The first-order valence-electron chi connectivity index (χ1n) is 9.80. The molecule has 0 radical (unpaired) electrons. The third-order valence-electron chi connectivity index (χ3n) is 4.96. The van der Waals surface area contributed by atoms with Crippen LogP contribution in [0.2, 0.25) is 0 Å². The summed E-state index contributed by atoms with van der Waals surface area (Å²) in [6.45, 7) is 5.29. The summed E-state index contributed by atoms with van der Waals surface area (Å²) in [7, 11) is 1.55. The predicted octanol–water partition coefficient (Wildman–Crippen LogP) is 3.27. The average molecular weight is 438 g/mol. The molecule has 0 bridgehead atoms. The number of benzene rings is 2. The van der Waals surface area contributed by atoms with E-state index < -0.39 is 16.7 Å². The van der Waals surface area contributed by atoms with Crippen molar-refractivity contribution >= 4 is 17.4 Å². The fourth-order valence-corrected chi connectivity index (χ4v) is 3.14. The summed E-state index contributed by atoms with van der Waals surface area (Å²) in [5.41, 5.74) is 1.14. The van der Waals surface area contributed by atoms with E-state index in [0.717, 1.165) is 5.56 Å². The Kier molecular flexibility index (Phi) is 6.62. The van der Waals surface area contributed by atoms with Gasteiger partial charge in [0.25, 0.3) is 5.69 Å². The Morgan fingerprint density at radius 3 is 2.38 bits per heavy atom. The minimum Gasteiger partial charge on any atom is -0.497 e. The highest BCUT2D eigenvalue weighted by atomic mass is 16.6. The van der Waals surface area contributed by atoms with Crippen LogP contribution in [0.5, 0.6) is 5.75 Å². The molecule has 0 N–H and O–H groups in total. The van der Waals surface area contributed by atoms with E-state index in [2.05, 4.69) is 10.3 Å². The number of rotatable bonds is 8. The van der Waals surface area contributed by atoms with Gasteiger partial charge in [-0.15, -0.1) is 5.10 Å². The molecule has 0 saturated carbocycles. The minimum absolute atomic E-state index is 0.0734. The van der Waals surface area contributed by atoms with Crippen LogP contribution in [0.15, 0.2) is 36.4 Å². The number of nitrogens with zero attached hydrogens (tertiary/aromatic N) is 4. The number of ether oxygens (including phenoxy) is 2. The lowest BCUT2D eigenvalue weighted by Gasteiger charge is -2.09. The molecule has 0 unspecified atom stereocenters. The molecule has 0 spiro atoms. The van der Waals surface area contributed by atoms with E-state index in [1.807, 2.05) is 0 Å². The zero-order chi connectivity index (χ0) is 23.4. The Morgan fingerprint density at radius 1 is 1.12 bits per heavy atom. The highest BCUT2D eigenvalue weighted by Gasteiger charge is 2.31. The highest BCUT2D eigenvalue weighted by molar-refractivity contribution is 6.14. The maximum absolute atomic E-state index is 13.3. The number of hydrogen-bond donors (Lipinski definition) is 0. The summed E-state index contributed by atoms with van der Waals surface area (Å²) >= 11 is 0. The van der Waals surface area contributed by atoms with Crippen LogP contribution in [-0.2, 0) is 11.3 Å². The number of aryl methyl sites for hydroxylation is 2. The molecule has 0 amide bonds. The largest absolute Gasteiger partial charge is 0.497 e. The molecule has 1 heterocycles. The quantitative estimate of drug-likeness (QED) is 0.227. The number of carbonyl (C=O) groups is 2. The van der Waals surface area contributed by atoms with Crippen LogP contribution in [0, 0.1) is 24.0 Å². The molecule has 0 fully saturated rings. The molecule has 10 heteroatoms. The van der Waals surface area contributed by atoms with Gasteiger partial charge in [0.2, 0.25) is 5.78 Å². The molecule has 0 atom stereocenters. The van der Waals surface area contributed by atoms with E-state index in [-0.39, 0.29) is 35.8 Å². The van der Waals surface area contributed by atoms with Gasteiger partial charge in [-0.25, -0.2) is 9.48 Å². The first kappa shape index (κ1) is 22.6. The summed E-state index contributed by atoms with van der Waals surface area (Å²) in [5, 5.41) is 19.4. The number of nitro groups is 1. The Morgan fingerprint density at radius 2 is 1.78 bits per heavy atom. The smallest absolute Gasteiger partial charge is 0.359 e. The summed E-state index contributed by atoms with van der Waals surface area (Å²) in [6.07, 6.45) is 0. The number of ketones is 1. The Labute approximate surface area is 183 Å². The third-order valence-corrected chi connectivity index (χ3v) is 4.96. The maximum atomic E-state index is 13.3. The fourth-order valence-electron chi connectivity index (χ4n) is 3.14. The number of hydrogen-bond acceptors (Lipinski definition) is 8. The van der Waals surface area contributed by atoms with E-state index in [1.165, 1.54) is 16.8 Å². The van der Waals surface area contributed by atoms with Gasteiger partial charge < -0.3 is 9.47 Å². The average Bonchev–Trinajstić information content (AvgIpc) is 3.19. The minimum atomic E-state index is -0.791. The van der Waals surface area contributed by atoms with Crippen LogP contribution in [0.25, 0.3) is 0 Å². The number of methoxy groups -OCH3 is 1. The monoisotopic (exact) mass is 438 g/mol. The van der Waals surface area contributed by atoms with Crippen LogP contribution in [0.3, 0.4) is 0 Å². The Bertz CT molecular complexity index is 1180. The van der Waals surface area contributed by atoms with Gasteiger partial charge in [0.05, 0.1) is 25.2 Å². The predicted molar refractivity (Wildman–Crippen MR) is 114 cm³/mol. The first-order valence-corrected chi connectivity index (χ1v) is 9.80. The lowest BCUT2D eigenvalue weighted by molar-refractivity contribution is -0.385. The van der Waals surface area contributed by atoms with Gasteiger partial charge in [-0.3, -0.25) is 14.9 Å².